The van der Waals surface area contributed by atoms with Crippen molar-refractivity contribution in [2.75, 3.05) is 18.4 Å². The summed E-state index contributed by atoms with van der Waals surface area (Å²) >= 11 is 5.87. The van der Waals surface area contributed by atoms with Crippen molar-refractivity contribution < 1.29 is 18.0 Å². The lowest BCUT2D eigenvalue weighted by Crippen LogP contribution is -2.45. The number of sulfonamides is 1. The lowest BCUT2D eigenvalue weighted by Gasteiger charge is -2.31. The number of amides is 2. The minimum Gasteiger partial charge on any atom is -0.352 e. The summed E-state index contributed by atoms with van der Waals surface area (Å²) < 4.78 is 27.3. The molecule has 2 aromatic rings. The number of carbonyl (C=O) groups is 2. The third kappa shape index (κ3) is 5.59. The third-order valence-electron chi connectivity index (χ3n) is 4.95. The molecule has 0 spiro atoms. The topological polar surface area (TPSA) is 95.6 Å². The summed E-state index contributed by atoms with van der Waals surface area (Å²) in [6, 6.07) is 13.2. The second kappa shape index (κ2) is 9.59. The summed E-state index contributed by atoms with van der Waals surface area (Å²) in [5.74, 6) is -0.792. The zero-order chi connectivity index (χ0) is 21.7. The van der Waals surface area contributed by atoms with Crippen LogP contribution in [0.4, 0.5) is 5.69 Å². The second-order valence-corrected chi connectivity index (χ2v) is 9.63. The van der Waals surface area contributed by atoms with E-state index in [2.05, 4.69) is 10.6 Å². The van der Waals surface area contributed by atoms with Crippen LogP contribution < -0.4 is 10.6 Å². The highest BCUT2D eigenvalue weighted by atomic mass is 35.5. The molecule has 2 amide bonds. The number of rotatable bonds is 6. The number of anilines is 1. The van der Waals surface area contributed by atoms with Gasteiger partial charge in [-0.15, -0.1) is 0 Å². The van der Waals surface area contributed by atoms with Crippen molar-refractivity contribution in [1.82, 2.24) is 9.62 Å². The summed E-state index contributed by atoms with van der Waals surface area (Å²) in [5, 5.41) is 6.12. The first-order chi connectivity index (χ1) is 14.3. The largest absolute Gasteiger partial charge is 0.352 e. The van der Waals surface area contributed by atoms with Gasteiger partial charge in [0.2, 0.25) is 21.8 Å². The molecule has 0 bridgehead atoms. The van der Waals surface area contributed by atoms with Crippen LogP contribution >= 0.6 is 11.6 Å². The van der Waals surface area contributed by atoms with Crippen molar-refractivity contribution in [3.63, 3.8) is 0 Å². The van der Waals surface area contributed by atoms with Crippen molar-refractivity contribution in [2.45, 2.75) is 31.2 Å². The Morgan fingerprint density at radius 2 is 1.77 bits per heavy atom. The van der Waals surface area contributed by atoms with E-state index in [0.717, 1.165) is 5.56 Å². The number of carbonyl (C=O) groups excluding carboxylic acids is 2. The fourth-order valence-corrected chi connectivity index (χ4v) is 5.02. The number of hydrogen-bond acceptors (Lipinski definition) is 4. The van der Waals surface area contributed by atoms with E-state index in [-0.39, 0.29) is 23.3 Å². The summed E-state index contributed by atoms with van der Waals surface area (Å²) in [7, 11) is -3.72. The van der Waals surface area contributed by atoms with Gasteiger partial charge in [0, 0.05) is 37.3 Å². The van der Waals surface area contributed by atoms with Crippen LogP contribution in [-0.2, 0) is 26.2 Å². The van der Waals surface area contributed by atoms with Crippen molar-refractivity contribution >= 4 is 39.1 Å². The van der Waals surface area contributed by atoms with Crippen LogP contribution in [0.5, 0.6) is 0 Å². The van der Waals surface area contributed by atoms with Crippen LogP contribution in [0.1, 0.15) is 25.3 Å². The predicted octanol–water partition coefficient (Wildman–Crippen LogP) is 3.02. The number of nitrogens with one attached hydrogen (secondary N) is 2. The molecule has 1 fully saturated rings. The lowest BCUT2D eigenvalue weighted by molar-refractivity contribution is -0.126. The first kappa shape index (κ1) is 22.3. The molecule has 2 N–H and O–H groups in total. The molecule has 1 aliphatic heterocycles. The van der Waals surface area contributed by atoms with Crippen molar-refractivity contribution in [2.24, 2.45) is 5.92 Å². The van der Waals surface area contributed by atoms with Gasteiger partial charge in [-0.1, -0.05) is 23.7 Å². The first-order valence-corrected chi connectivity index (χ1v) is 11.5. The molecule has 160 valence electrons. The average Bonchev–Trinajstić information content (AvgIpc) is 2.73. The Hall–Kier alpha value is -2.42. The highest BCUT2D eigenvalue weighted by Gasteiger charge is 2.33. The van der Waals surface area contributed by atoms with Gasteiger partial charge in [-0.05, 0) is 54.8 Å². The molecule has 0 saturated carbocycles. The Kier molecular flexibility index (Phi) is 7.12. The Labute approximate surface area is 181 Å². The Bertz CT molecular complexity index is 1010. The van der Waals surface area contributed by atoms with Gasteiger partial charge in [-0.25, -0.2) is 8.42 Å². The molecule has 3 rings (SSSR count). The van der Waals surface area contributed by atoms with E-state index >= 15 is 0 Å². The zero-order valence-electron chi connectivity index (χ0n) is 16.6. The third-order valence-corrected chi connectivity index (χ3v) is 7.08. The van der Waals surface area contributed by atoms with Crippen molar-refractivity contribution in [3.05, 3.63) is 59.1 Å². The van der Waals surface area contributed by atoms with Gasteiger partial charge >= 0.3 is 0 Å². The standard InChI is InChI=1S/C21H24ClN3O4S/c1-15(26)24-19-8-10-20(11-9-19)30(28,29)25-12-2-3-17(14-25)21(27)23-13-16-4-6-18(22)7-5-16/h4-11,17H,2-3,12-14H2,1H3,(H,23,27)(H,24,26)/t17-/m1/s1. The zero-order valence-corrected chi connectivity index (χ0v) is 18.2. The maximum absolute atomic E-state index is 13.0. The number of halogens is 1. The Balaban J connectivity index is 1.63. The van der Waals surface area contributed by atoms with E-state index in [1.54, 1.807) is 24.3 Å². The highest BCUT2D eigenvalue weighted by Crippen LogP contribution is 2.25. The van der Waals surface area contributed by atoms with E-state index in [0.29, 0.717) is 36.6 Å². The molecule has 2 aromatic carbocycles. The minimum absolute atomic E-state index is 0.138. The van der Waals surface area contributed by atoms with E-state index in [4.69, 9.17) is 11.6 Å². The number of piperidine rings is 1. The monoisotopic (exact) mass is 449 g/mol. The highest BCUT2D eigenvalue weighted by molar-refractivity contribution is 7.89. The maximum Gasteiger partial charge on any atom is 0.243 e. The average molecular weight is 450 g/mol. The van der Waals surface area contributed by atoms with E-state index in [1.165, 1.54) is 23.4 Å². The van der Waals surface area contributed by atoms with Gasteiger partial charge in [-0.2, -0.15) is 4.31 Å². The molecule has 9 heteroatoms. The molecular weight excluding hydrogens is 426 g/mol. The molecule has 0 aromatic heterocycles. The minimum atomic E-state index is -3.72. The van der Waals surface area contributed by atoms with Gasteiger partial charge in [0.05, 0.1) is 10.8 Å². The molecule has 0 aliphatic carbocycles. The number of nitrogens with zero attached hydrogens (tertiary/aromatic N) is 1. The normalized spacial score (nSPS) is 17.3. The Morgan fingerprint density at radius 3 is 2.40 bits per heavy atom. The van der Waals surface area contributed by atoms with E-state index in [9.17, 15) is 18.0 Å². The van der Waals surface area contributed by atoms with Crippen LogP contribution in [0.2, 0.25) is 5.02 Å². The number of benzene rings is 2. The lowest BCUT2D eigenvalue weighted by atomic mass is 9.99. The summed E-state index contributed by atoms with van der Waals surface area (Å²) in [6.45, 7) is 2.26. The SMILES string of the molecule is CC(=O)Nc1ccc(S(=O)(=O)N2CCC[C@@H](C(=O)NCc3ccc(Cl)cc3)C2)cc1. The van der Waals surface area contributed by atoms with Gasteiger partial charge < -0.3 is 10.6 Å². The smallest absolute Gasteiger partial charge is 0.243 e. The second-order valence-electron chi connectivity index (χ2n) is 7.25. The predicted molar refractivity (Wildman–Crippen MR) is 116 cm³/mol. The van der Waals surface area contributed by atoms with Crippen LogP contribution in [-0.4, -0.2) is 37.6 Å². The molecule has 1 aliphatic rings. The fourth-order valence-electron chi connectivity index (χ4n) is 3.37. The molecule has 0 unspecified atom stereocenters. The molecule has 30 heavy (non-hydrogen) atoms. The maximum atomic E-state index is 13.0. The van der Waals surface area contributed by atoms with Crippen molar-refractivity contribution in [1.29, 1.82) is 0 Å². The molecule has 1 heterocycles. The Morgan fingerprint density at radius 1 is 1.10 bits per heavy atom. The summed E-state index contributed by atoms with van der Waals surface area (Å²) in [4.78, 5) is 23.9. The van der Waals surface area contributed by atoms with E-state index < -0.39 is 15.9 Å². The van der Waals surface area contributed by atoms with Crippen LogP contribution in [0.3, 0.4) is 0 Å². The molecule has 1 atom stereocenters. The van der Waals surface area contributed by atoms with E-state index in [1.807, 2.05) is 12.1 Å². The van der Waals surface area contributed by atoms with Gasteiger partial charge in [0.25, 0.3) is 0 Å². The number of hydrogen-bond donors (Lipinski definition) is 2. The van der Waals surface area contributed by atoms with Crippen LogP contribution in [0.15, 0.2) is 53.4 Å². The molecular formula is C21H24ClN3O4S. The van der Waals surface area contributed by atoms with Crippen LogP contribution in [0, 0.1) is 5.92 Å². The van der Waals surface area contributed by atoms with Gasteiger partial charge in [-0.3, -0.25) is 9.59 Å². The summed E-state index contributed by atoms with van der Waals surface area (Å²) in [5.41, 5.74) is 1.45. The van der Waals surface area contributed by atoms with Crippen LogP contribution in [0.25, 0.3) is 0 Å². The first-order valence-electron chi connectivity index (χ1n) is 9.65. The molecule has 1 saturated heterocycles. The summed E-state index contributed by atoms with van der Waals surface area (Å²) in [6.07, 6.45) is 1.25. The molecule has 7 nitrogen and oxygen atoms in total. The molecule has 0 radical (unpaired) electrons. The quantitative estimate of drug-likeness (QED) is 0.708. The van der Waals surface area contributed by atoms with Gasteiger partial charge in [0.1, 0.15) is 0 Å². The van der Waals surface area contributed by atoms with Crippen molar-refractivity contribution in [3.8, 4) is 0 Å². The fraction of sp³-hybridized carbons (Fsp3) is 0.333. The van der Waals surface area contributed by atoms with Gasteiger partial charge in [0.15, 0.2) is 0 Å².